The number of fused-ring (bicyclic) bond motifs is 1. The van der Waals surface area contributed by atoms with Crippen LogP contribution in [0.15, 0.2) is 18.2 Å². The Kier molecular flexibility index (Phi) is 3.20. The molecule has 2 aromatic rings. The first-order valence-electron chi connectivity index (χ1n) is 5.98. The van der Waals surface area contributed by atoms with Gasteiger partial charge in [0.05, 0.1) is 5.52 Å². The van der Waals surface area contributed by atoms with Crippen LogP contribution in [0.2, 0.25) is 0 Å². The van der Waals surface area contributed by atoms with Crippen LogP contribution >= 0.6 is 0 Å². The molecule has 1 N–H and O–H groups in total. The minimum absolute atomic E-state index is 0.144. The zero-order valence-corrected chi connectivity index (χ0v) is 10.8. The Hall–Kier alpha value is -1.35. The van der Waals surface area contributed by atoms with Gasteiger partial charge in [-0.05, 0) is 24.6 Å². The Morgan fingerprint density at radius 2 is 2.06 bits per heavy atom. The van der Waals surface area contributed by atoms with Crippen LogP contribution in [-0.2, 0) is 13.6 Å². The molecule has 0 unspecified atom stereocenters. The Labute approximate surface area is 101 Å². The molecule has 1 aromatic heterocycles. The van der Waals surface area contributed by atoms with Gasteiger partial charge in [-0.1, -0.05) is 26.0 Å². The van der Waals surface area contributed by atoms with Gasteiger partial charge >= 0.3 is 0 Å². The van der Waals surface area contributed by atoms with Gasteiger partial charge in [0, 0.05) is 24.7 Å². The summed E-state index contributed by atoms with van der Waals surface area (Å²) in [4.78, 5) is 0. The summed E-state index contributed by atoms with van der Waals surface area (Å²) in [5.41, 5.74) is 3.13. The van der Waals surface area contributed by atoms with Gasteiger partial charge in [-0.15, -0.1) is 0 Å². The number of hydrogen-bond acceptors (Lipinski definition) is 1. The number of para-hydroxylation sites is 1. The van der Waals surface area contributed by atoms with E-state index in [1.54, 1.807) is 6.07 Å². The summed E-state index contributed by atoms with van der Waals surface area (Å²) in [7, 11) is 3.86. The lowest BCUT2D eigenvalue weighted by molar-refractivity contribution is 0.627. The number of benzene rings is 1. The van der Waals surface area contributed by atoms with Crippen LogP contribution in [0, 0.1) is 5.82 Å². The molecule has 1 aromatic carbocycles. The summed E-state index contributed by atoms with van der Waals surface area (Å²) in [6.07, 6.45) is 0. The third-order valence-electron chi connectivity index (χ3n) is 3.22. The fraction of sp³-hybridized carbons (Fsp3) is 0.429. The molecule has 0 saturated heterocycles. The molecule has 0 aliphatic heterocycles. The predicted molar refractivity (Wildman–Crippen MR) is 69.7 cm³/mol. The highest BCUT2D eigenvalue weighted by Crippen LogP contribution is 2.31. The number of aryl methyl sites for hydroxylation is 1. The first-order valence-corrected chi connectivity index (χ1v) is 5.98. The average Bonchev–Trinajstić information content (AvgIpc) is 2.54. The summed E-state index contributed by atoms with van der Waals surface area (Å²) in [6, 6.07) is 5.30. The molecule has 0 fully saturated rings. The number of hydrogen-bond donors (Lipinski definition) is 1. The van der Waals surface area contributed by atoms with Crippen molar-refractivity contribution in [2.45, 2.75) is 26.3 Å². The summed E-state index contributed by atoms with van der Waals surface area (Å²) >= 11 is 0. The van der Waals surface area contributed by atoms with Crippen molar-refractivity contribution in [3.63, 3.8) is 0 Å². The summed E-state index contributed by atoms with van der Waals surface area (Å²) in [6.45, 7) is 5.06. The number of halogens is 1. The number of rotatable bonds is 3. The number of nitrogens with one attached hydrogen (secondary N) is 1. The van der Waals surface area contributed by atoms with E-state index >= 15 is 0 Å². The standard InChI is InChI=1S/C14H19FN2/c1-9(2)13-11(8-16-3)10-6-5-7-12(15)14(10)17(13)4/h5-7,9,16H,8H2,1-4H3. The molecule has 2 nitrogen and oxygen atoms in total. The van der Waals surface area contributed by atoms with Crippen molar-refractivity contribution < 1.29 is 4.39 Å². The summed E-state index contributed by atoms with van der Waals surface area (Å²) < 4.78 is 15.9. The molecule has 0 aliphatic rings. The van der Waals surface area contributed by atoms with Gasteiger partial charge in [-0.25, -0.2) is 4.39 Å². The van der Waals surface area contributed by atoms with Crippen LogP contribution in [0.3, 0.4) is 0 Å². The second-order valence-corrected chi connectivity index (χ2v) is 4.74. The summed E-state index contributed by atoms with van der Waals surface area (Å²) in [5.74, 6) is 0.240. The van der Waals surface area contributed by atoms with E-state index in [2.05, 4.69) is 19.2 Å². The smallest absolute Gasteiger partial charge is 0.147 e. The quantitative estimate of drug-likeness (QED) is 0.863. The van der Waals surface area contributed by atoms with E-state index < -0.39 is 0 Å². The molecule has 92 valence electrons. The molecule has 3 heteroatoms. The van der Waals surface area contributed by atoms with Gasteiger partial charge in [-0.2, -0.15) is 0 Å². The highest BCUT2D eigenvalue weighted by atomic mass is 19.1. The lowest BCUT2D eigenvalue weighted by Crippen LogP contribution is -2.09. The monoisotopic (exact) mass is 234 g/mol. The van der Waals surface area contributed by atoms with Gasteiger partial charge in [0.2, 0.25) is 0 Å². The minimum Gasteiger partial charge on any atom is -0.345 e. The normalized spacial score (nSPS) is 11.6. The van der Waals surface area contributed by atoms with Crippen molar-refractivity contribution in [3.8, 4) is 0 Å². The van der Waals surface area contributed by atoms with E-state index in [1.165, 1.54) is 17.3 Å². The lowest BCUT2D eigenvalue weighted by Gasteiger charge is -2.11. The fourth-order valence-corrected chi connectivity index (χ4v) is 2.66. The molecule has 0 radical (unpaired) electrons. The first kappa shape index (κ1) is 12.1. The zero-order valence-electron chi connectivity index (χ0n) is 10.8. The van der Waals surface area contributed by atoms with E-state index in [0.717, 1.165) is 11.9 Å². The third-order valence-corrected chi connectivity index (χ3v) is 3.22. The van der Waals surface area contributed by atoms with Gasteiger partial charge in [-0.3, -0.25) is 0 Å². The Morgan fingerprint density at radius 3 is 2.65 bits per heavy atom. The zero-order chi connectivity index (χ0) is 12.6. The molecule has 0 bridgehead atoms. The largest absolute Gasteiger partial charge is 0.345 e. The Bertz CT molecular complexity index is 541. The Balaban J connectivity index is 2.83. The van der Waals surface area contributed by atoms with Crippen LogP contribution in [0.1, 0.15) is 31.0 Å². The molecule has 0 amide bonds. The molecule has 17 heavy (non-hydrogen) atoms. The molecule has 0 spiro atoms. The van der Waals surface area contributed by atoms with E-state index in [-0.39, 0.29) is 5.82 Å². The predicted octanol–water partition coefficient (Wildman–Crippen LogP) is 3.16. The third kappa shape index (κ3) is 1.84. The maximum atomic E-state index is 13.9. The van der Waals surface area contributed by atoms with Gasteiger partial charge in [0.25, 0.3) is 0 Å². The molecule has 0 saturated carbocycles. The van der Waals surface area contributed by atoms with Crippen molar-refractivity contribution in [1.82, 2.24) is 9.88 Å². The van der Waals surface area contributed by atoms with Gasteiger partial charge in [0.1, 0.15) is 5.82 Å². The second-order valence-electron chi connectivity index (χ2n) is 4.74. The van der Waals surface area contributed by atoms with E-state index in [1.807, 2.05) is 24.7 Å². The molecule has 2 rings (SSSR count). The van der Waals surface area contributed by atoms with Crippen molar-refractivity contribution in [2.24, 2.45) is 7.05 Å². The van der Waals surface area contributed by atoms with Crippen LogP contribution in [0.5, 0.6) is 0 Å². The highest BCUT2D eigenvalue weighted by Gasteiger charge is 2.18. The molecule has 1 heterocycles. The first-order chi connectivity index (χ1) is 8.07. The maximum Gasteiger partial charge on any atom is 0.147 e. The second kappa shape index (κ2) is 4.49. The van der Waals surface area contributed by atoms with Crippen LogP contribution in [0.4, 0.5) is 4.39 Å². The van der Waals surface area contributed by atoms with Crippen LogP contribution in [-0.4, -0.2) is 11.6 Å². The van der Waals surface area contributed by atoms with E-state index in [9.17, 15) is 4.39 Å². The number of aromatic nitrogens is 1. The Morgan fingerprint density at radius 1 is 1.35 bits per heavy atom. The average molecular weight is 234 g/mol. The SMILES string of the molecule is CNCc1c(C(C)C)n(C)c2c(F)cccc12. The lowest BCUT2D eigenvalue weighted by atomic mass is 10.0. The topological polar surface area (TPSA) is 17.0 Å². The maximum absolute atomic E-state index is 13.9. The van der Waals surface area contributed by atoms with Crippen LogP contribution < -0.4 is 5.32 Å². The highest BCUT2D eigenvalue weighted by molar-refractivity contribution is 5.86. The van der Waals surface area contributed by atoms with Gasteiger partial charge in [0.15, 0.2) is 0 Å². The van der Waals surface area contributed by atoms with Crippen molar-refractivity contribution in [3.05, 3.63) is 35.3 Å². The van der Waals surface area contributed by atoms with Crippen molar-refractivity contribution >= 4 is 10.9 Å². The molecule has 0 atom stereocenters. The van der Waals surface area contributed by atoms with Gasteiger partial charge < -0.3 is 9.88 Å². The van der Waals surface area contributed by atoms with E-state index in [0.29, 0.717) is 11.4 Å². The van der Waals surface area contributed by atoms with Crippen molar-refractivity contribution in [2.75, 3.05) is 7.05 Å². The van der Waals surface area contributed by atoms with E-state index in [4.69, 9.17) is 0 Å². The molecular weight excluding hydrogens is 215 g/mol. The fourth-order valence-electron chi connectivity index (χ4n) is 2.66. The molecular formula is C14H19FN2. The molecule has 0 aliphatic carbocycles. The summed E-state index contributed by atoms with van der Waals surface area (Å²) in [5, 5.41) is 4.19. The minimum atomic E-state index is -0.144. The van der Waals surface area contributed by atoms with Crippen molar-refractivity contribution in [1.29, 1.82) is 0 Å². The van der Waals surface area contributed by atoms with Crippen LogP contribution in [0.25, 0.3) is 10.9 Å². The number of nitrogens with zero attached hydrogens (tertiary/aromatic N) is 1.